The SMILES string of the molecule is Cc1ccccccncc1C. The van der Waals surface area contributed by atoms with Gasteiger partial charge >= 0.3 is 0 Å². The van der Waals surface area contributed by atoms with Crippen molar-refractivity contribution < 1.29 is 0 Å². The highest BCUT2D eigenvalue weighted by molar-refractivity contribution is 5.18. The minimum Gasteiger partial charge on any atom is -0.264 e. The lowest BCUT2D eigenvalue weighted by Crippen LogP contribution is -1.74. The monoisotopic (exact) mass is 159 g/mol. The first-order chi connectivity index (χ1) is 5.80. The van der Waals surface area contributed by atoms with E-state index in [0.29, 0.717) is 0 Å². The maximum absolute atomic E-state index is 4.12. The van der Waals surface area contributed by atoms with Crippen molar-refractivity contribution in [3.05, 3.63) is 53.9 Å². The van der Waals surface area contributed by atoms with Crippen LogP contribution in [0.4, 0.5) is 0 Å². The van der Waals surface area contributed by atoms with E-state index < -0.39 is 0 Å². The Labute approximate surface area is 73.4 Å². The summed E-state index contributed by atoms with van der Waals surface area (Å²) in [5, 5.41) is 0. The Hall–Kier alpha value is -1.37. The lowest BCUT2D eigenvalue weighted by molar-refractivity contribution is 1.26. The summed E-state index contributed by atoms with van der Waals surface area (Å²) in [5.74, 6) is 0. The summed E-state index contributed by atoms with van der Waals surface area (Å²) in [5.41, 5.74) is 2.45. The maximum atomic E-state index is 4.12. The molecule has 0 aliphatic carbocycles. The molecule has 12 heavy (non-hydrogen) atoms. The topological polar surface area (TPSA) is 12.9 Å². The summed E-state index contributed by atoms with van der Waals surface area (Å²) >= 11 is 0. The molecular weight excluding hydrogens is 146 g/mol. The highest BCUT2D eigenvalue weighted by Crippen LogP contribution is 1.98. The molecule has 1 aromatic rings. The van der Waals surface area contributed by atoms with E-state index >= 15 is 0 Å². The van der Waals surface area contributed by atoms with Crippen LogP contribution < -0.4 is 0 Å². The quantitative estimate of drug-likeness (QED) is 0.567. The Morgan fingerprint density at radius 1 is 0.917 bits per heavy atom. The fourth-order valence-electron chi connectivity index (χ4n) is 0.816. The van der Waals surface area contributed by atoms with Crippen LogP contribution in [0.3, 0.4) is 0 Å². The van der Waals surface area contributed by atoms with Gasteiger partial charge in [0, 0.05) is 12.4 Å². The van der Waals surface area contributed by atoms with Crippen LogP contribution in [0.5, 0.6) is 0 Å². The van der Waals surface area contributed by atoms with Gasteiger partial charge in [-0.25, -0.2) is 0 Å². The van der Waals surface area contributed by atoms with E-state index in [0.717, 1.165) is 0 Å². The van der Waals surface area contributed by atoms with Crippen LogP contribution in [0.15, 0.2) is 42.7 Å². The predicted octanol–water partition coefficient (Wildman–Crippen LogP) is 2.82. The molecule has 0 radical (unpaired) electrons. The Balaban J connectivity index is 3.25. The van der Waals surface area contributed by atoms with Crippen LogP contribution in [-0.2, 0) is 0 Å². The smallest absolute Gasteiger partial charge is 0.0299 e. The number of rotatable bonds is 0. The van der Waals surface area contributed by atoms with E-state index in [2.05, 4.69) is 24.9 Å². The Kier molecular flexibility index (Phi) is 3.27. The highest BCUT2D eigenvalue weighted by atomic mass is 14.6. The molecule has 0 amide bonds. The van der Waals surface area contributed by atoms with Crippen molar-refractivity contribution in [2.45, 2.75) is 13.8 Å². The largest absolute Gasteiger partial charge is 0.264 e. The molecule has 0 saturated heterocycles. The van der Waals surface area contributed by atoms with E-state index in [1.807, 2.05) is 30.5 Å². The normalized spacial score (nSPS) is 8.83. The van der Waals surface area contributed by atoms with Crippen molar-refractivity contribution in [2.24, 2.45) is 0 Å². The second-order valence-corrected chi connectivity index (χ2v) is 2.73. The zero-order chi connectivity index (χ0) is 8.81. The fraction of sp³-hybridized carbons (Fsp3) is 0.182. The van der Waals surface area contributed by atoms with Gasteiger partial charge in [-0.2, -0.15) is 0 Å². The molecule has 0 aliphatic heterocycles. The van der Waals surface area contributed by atoms with Crippen molar-refractivity contribution in [3.8, 4) is 0 Å². The molecule has 62 valence electrons. The van der Waals surface area contributed by atoms with Gasteiger partial charge in [-0.15, -0.1) is 0 Å². The zero-order valence-corrected chi connectivity index (χ0v) is 7.49. The number of nitrogens with zero attached hydrogens (tertiary/aromatic N) is 1. The molecule has 1 rings (SSSR count). The van der Waals surface area contributed by atoms with Crippen molar-refractivity contribution in [1.82, 2.24) is 4.98 Å². The third kappa shape index (κ3) is 2.70. The van der Waals surface area contributed by atoms with E-state index in [9.17, 15) is 0 Å². The fourth-order valence-corrected chi connectivity index (χ4v) is 0.816. The second kappa shape index (κ2) is 4.50. The molecule has 0 aliphatic rings. The lowest BCUT2D eigenvalue weighted by atomic mass is 10.2. The molecule has 0 spiro atoms. The van der Waals surface area contributed by atoms with Gasteiger partial charge in [0.1, 0.15) is 0 Å². The number of hydrogen-bond donors (Lipinski definition) is 0. The van der Waals surface area contributed by atoms with Crippen LogP contribution in [0.1, 0.15) is 11.1 Å². The van der Waals surface area contributed by atoms with Gasteiger partial charge < -0.3 is 0 Å². The summed E-state index contributed by atoms with van der Waals surface area (Å²) < 4.78 is 0. The Morgan fingerprint density at radius 2 is 1.67 bits per heavy atom. The van der Waals surface area contributed by atoms with Gasteiger partial charge in [-0.05, 0) is 31.0 Å². The minimum absolute atomic E-state index is 1.20. The van der Waals surface area contributed by atoms with Gasteiger partial charge in [0.15, 0.2) is 0 Å². The molecular formula is C11H13N. The number of aromatic nitrogens is 1. The van der Waals surface area contributed by atoms with Crippen LogP contribution in [0.25, 0.3) is 0 Å². The van der Waals surface area contributed by atoms with Gasteiger partial charge in [0.05, 0.1) is 0 Å². The Morgan fingerprint density at radius 3 is 2.50 bits per heavy atom. The van der Waals surface area contributed by atoms with E-state index in [4.69, 9.17) is 0 Å². The second-order valence-electron chi connectivity index (χ2n) is 2.73. The first-order valence-electron chi connectivity index (χ1n) is 4.01. The molecule has 0 aromatic carbocycles. The van der Waals surface area contributed by atoms with E-state index in [1.54, 1.807) is 6.20 Å². The van der Waals surface area contributed by atoms with Gasteiger partial charge in [-0.1, -0.05) is 24.3 Å². The third-order valence-electron chi connectivity index (χ3n) is 1.74. The van der Waals surface area contributed by atoms with E-state index in [-0.39, 0.29) is 0 Å². The first kappa shape index (κ1) is 8.72. The van der Waals surface area contributed by atoms with Crippen molar-refractivity contribution >= 4 is 0 Å². The van der Waals surface area contributed by atoms with Gasteiger partial charge in [0.25, 0.3) is 0 Å². The van der Waals surface area contributed by atoms with Crippen molar-refractivity contribution in [2.75, 3.05) is 0 Å². The summed E-state index contributed by atoms with van der Waals surface area (Å²) in [6.45, 7) is 4.14. The predicted molar refractivity (Wildman–Crippen MR) is 51.3 cm³/mol. The highest BCUT2D eigenvalue weighted by Gasteiger charge is 1.82. The lowest BCUT2D eigenvalue weighted by Gasteiger charge is -1.90. The van der Waals surface area contributed by atoms with Gasteiger partial charge in [0.2, 0.25) is 0 Å². The summed E-state index contributed by atoms with van der Waals surface area (Å²) in [4.78, 5) is 4.12. The Bertz CT molecular complexity index is 272. The summed E-state index contributed by atoms with van der Waals surface area (Å²) in [7, 11) is 0. The summed E-state index contributed by atoms with van der Waals surface area (Å²) in [6.07, 6.45) is 3.65. The molecule has 0 unspecified atom stereocenters. The molecule has 1 aromatic heterocycles. The molecule has 1 heterocycles. The molecule has 0 atom stereocenters. The zero-order valence-electron chi connectivity index (χ0n) is 7.49. The molecule has 0 N–H and O–H groups in total. The molecule has 0 bridgehead atoms. The maximum Gasteiger partial charge on any atom is 0.0299 e. The minimum atomic E-state index is 1.20. The van der Waals surface area contributed by atoms with Crippen LogP contribution in [0, 0.1) is 13.8 Å². The molecule has 0 fully saturated rings. The average molecular weight is 159 g/mol. The van der Waals surface area contributed by atoms with E-state index in [1.165, 1.54) is 11.1 Å². The van der Waals surface area contributed by atoms with Gasteiger partial charge in [-0.3, -0.25) is 4.98 Å². The van der Waals surface area contributed by atoms with Crippen LogP contribution in [-0.4, -0.2) is 4.98 Å². The molecule has 1 nitrogen and oxygen atoms in total. The number of aryl methyl sites for hydroxylation is 2. The standard InChI is InChI=1S/C11H13N/c1-10-7-5-3-4-6-8-12-9-11(10)2/h3-9H,1-2H3. The molecule has 1 heteroatoms. The first-order valence-corrected chi connectivity index (χ1v) is 4.01. The third-order valence-corrected chi connectivity index (χ3v) is 1.74. The molecule has 0 saturated carbocycles. The van der Waals surface area contributed by atoms with Crippen LogP contribution >= 0.6 is 0 Å². The van der Waals surface area contributed by atoms with Crippen molar-refractivity contribution in [1.29, 1.82) is 0 Å². The van der Waals surface area contributed by atoms with Crippen molar-refractivity contribution in [3.63, 3.8) is 0 Å². The van der Waals surface area contributed by atoms with Crippen LogP contribution in [0.2, 0.25) is 0 Å². The summed E-state index contributed by atoms with van der Waals surface area (Å²) in [6, 6.07) is 9.98. The number of hydrogen-bond acceptors (Lipinski definition) is 1. The average Bonchev–Trinajstić information content (AvgIpc) is 2.08.